The second-order valence-corrected chi connectivity index (χ2v) is 4.71. The standard InChI is InChI=1S/C19H15NO3/c1-2-23-19(22)17(18(21)16-9-4-3-5-10-16)12-14-7-6-8-15(11-14)13-20/h3-12H,2H2,1H3/b17-12+. The van der Waals surface area contributed by atoms with Crippen LogP contribution in [0.5, 0.6) is 0 Å². The summed E-state index contributed by atoms with van der Waals surface area (Å²) in [5.74, 6) is -1.09. The maximum atomic E-state index is 12.6. The molecule has 0 unspecified atom stereocenters. The van der Waals surface area contributed by atoms with Crippen molar-refractivity contribution in [3.05, 3.63) is 76.9 Å². The van der Waals surface area contributed by atoms with Gasteiger partial charge in [-0.05, 0) is 30.7 Å². The number of Topliss-reactive ketones (excluding diaryl/α,β-unsaturated/α-hetero) is 1. The third kappa shape index (κ3) is 4.14. The molecular formula is C19H15NO3. The molecule has 0 heterocycles. The average Bonchev–Trinajstić information content (AvgIpc) is 2.60. The maximum Gasteiger partial charge on any atom is 0.342 e. The molecule has 0 aliphatic carbocycles. The summed E-state index contributed by atoms with van der Waals surface area (Å²) in [5, 5.41) is 8.95. The van der Waals surface area contributed by atoms with E-state index in [0.717, 1.165) is 0 Å². The first kappa shape index (κ1) is 16.2. The van der Waals surface area contributed by atoms with Crippen molar-refractivity contribution in [1.29, 1.82) is 5.26 Å². The highest BCUT2D eigenvalue weighted by Gasteiger charge is 2.21. The van der Waals surface area contributed by atoms with Crippen molar-refractivity contribution in [3.8, 4) is 6.07 Å². The Morgan fingerprint density at radius 2 is 1.87 bits per heavy atom. The lowest BCUT2D eigenvalue weighted by Gasteiger charge is -2.07. The summed E-state index contributed by atoms with van der Waals surface area (Å²) < 4.78 is 4.98. The number of esters is 1. The summed E-state index contributed by atoms with van der Waals surface area (Å²) in [6, 6.07) is 17.2. The lowest BCUT2D eigenvalue weighted by Crippen LogP contribution is -2.16. The molecule has 0 aromatic heterocycles. The summed E-state index contributed by atoms with van der Waals surface area (Å²) in [7, 11) is 0. The topological polar surface area (TPSA) is 67.2 Å². The number of hydrogen-bond donors (Lipinski definition) is 0. The lowest BCUT2D eigenvalue weighted by atomic mass is 10.0. The van der Waals surface area contributed by atoms with Crippen molar-refractivity contribution in [1.82, 2.24) is 0 Å². The van der Waals surface area contributed by atoms with Crippen LogP contribution in [0.2, 0.25) is 0 Å². The van der Waals surface area contributed by atoms with Crippen molar-refractivity contribution < 1.29 is 14.3 Å². The molecule has 2 rings (SSSR count). The smallest absolute Gasteiger partial charge is 0.342 e. The lowest BCUT2D eigenvalue weighted by molar-refractivity contribution is -0.137. The first-order chi connectivity index (χ1) is 11.2. The van der Waals surface area contributed by atoms with Crippen LogP contribution in [0, 0.1) is 11.3 Å². The van der Waals surface area contributed by atoms with Crippen LogP contribution in [0.15, 0.2) is 60.2 Å². The zero-order chi connectivity index (χ0) is 16.7. The predicted molar refractivity (Wildman–Crippen MR) is 86.5 cm³/mol. The molecule has 0 saturated heterocycles. The molecule has 0 N–H and O–H groups in total. The van der Waals surface area contributed by atoms with Gasteiger partial charge in [0.25, 0.3) is 0 Å². The van der Waals surface area contributed by atoms with E-state index < -0.39 is 11.8 Å². The Morgan fingerprint density at radius 1 is 1.13 bits per heavy atom. The van der Waals surface area contributed by atoms with Crippen LogP contribution in [0.1, 0.15) is 28.4 Å². The van der Waals surface area contributed by atoms with Crippen LogP contribution in [-0.2, 0) is 9.53 Å². The molecule has 0 amide bonds. The minimum Gasteiger partial charge on any atom is -0.462 e. The van der Waals surface area contributed by atoms with Gasteiger partial charge in [0, 0.05) is 5.56 Å². The second kappa shape index (κ2) is 7.71. The number of ether oxygens (including phenoxy) is 1. The Balaban J connectivity index is 2.45. The van der Waals surface area contributed by atoms with E-state index in [4.69, 9.17) is 10.00 Å². The third-order valence-corrected chi connectivity index (χ3v) is 3.10. The minimum atomic E-state index is -0.677. The fourth-order valence-electron chi connectivity index (χ4n) is 2.04. The SMILES string of the molecule is CCOC(=O)/C(=C/c1cccc(C#N)c1)C(=O)c1ccccc1. The molecule has 0 atom stereocenters. The van der Waals surface area contributed by atoms with E-state index in [1.807, 2.05) is 6.07 Å². The number of nitriles is 1. The molecule has 2 aromatic carbocycles. The quantitative estimate of drug-likeness (QED) is 0.279. The molecule has 4 nitrogen and oxygen atoms in total. The molecule has 0 saturated carbocycles. The highest BCUT2D eigenvalue weighted by atomic mass is 16.5. The van der Waals surface area contributed by atoms with Crippen LogP contribution in [0.4, 0.5) is 0 Å². The van der Waals surface area contributed by atoms with Crippen LogP contribution >= 0.6 is 0 Å². The number of carbonyl (C=O) groups is 2. The molecule has 2 aromatic rings. The first-order valence-electron chi connectivity index (χ1n) is 7.14. The number of benzene rings is 2. The monoisotopic (exact) mass is 305 g/mol. The molecule has 4 heteroatoms. The van der Waals surface area contributed by atoms with Gasteiger partial charge in [0.1, 0.15) is 5.57 Å². The molecule has 0 bridgehead atoms. The van der Waals surface area contributed by atoms with Gasteiger partial charge in [-0.3, -0.25) is 4.79 Å². The fourth-order valence-corrected chi connectivity index (χ4v) is 2.04. The average molecular weight is 305 g/mol. The van der Waals surface area contributed by atoms with E-state index in [9.17, 15) is 9.59 Å². The van der Waals surface area contributed by atoms with E-state index in [1.165, 1.54) is 6.08 Å². The maximum absolute atomic E-state index is 12.6. The zero-order valence-electron chi connectivity index (χ0n) is 12.7. The number of rotatable bonds is 5. The normalized spacial score (nSPS) is 10.7. The summed E-state index contributed by atoms with van der Waals surface area (Å²) in [6.07, 6.45) is 1.45. The number of ketones is 1. The van der Waals surface area contributed by atoms with Gasteiger partial charge in [-0.25, -0.2) is 4.79 Å². The molecule has 0 radical (unpaired) electrons. The van der Waals surface area contributed by atoms with Gasteiger partial charge in [-0.15, -0.1) is 0 Å². The van der Waals surface area contributed by atoms with E-state index in [0.29, 0.717) is 16.7 Å². The fraction of sp³-hybridized carbons (Fsp3) is 0.105. The van der Waals surface area contributed by atoms with Gasteiger partial charge >= 0.3 is 5.97 Å². The Morgan fingerprint density at radius 3 is 2.52 bits per heavy atom. The molecule has 114 valence electrons. The van der Waals surface area contributed by atoms with Crippen LogP contribution in [0.25, 0.3) is 6.08 Å². The number of hydrogen-bond acceptors (Lipinski definition) is 4. The van der Waals surface area contributed by atoms with Crippen molar-refractivity contribution in [2.75, 3.05) is 6.61 Å². The summed E-state index contributed by atoms with van der Waals surface area (Å²) in [6.45, 7) is 1.86. The Labute approximate surface area is 134 Å². The van der Waals surface area contributed by atoms with Gasteiger partial charge in [0.15, 0.2) is 5.78 Å². The van der Waals surface area contributed by atoms with E-state index in [2.05, 4.69) is 0 Å². The van der Waals surface area contributed by atoms with E-state index in [-0.39, 0.29) is 12.2 Å². The van der Waals surface area contributed by atoms with Crippen molar-refractivity contribution in [3.63, 3.8) is 0 Å². The number of nitrogens with zero attached hydrogens (tertiary/aromatic N) is 1. The largest absolute Gasteiger partial charge is 0.462 e. The highest BCUT2D eigenvalue weighted by molar-refractivity contribution is 6.26. The minimum absolute atomic E-state index is 0.0619. The van der Waals surface area contributed by atoms with Gasteiger partial charge in [-0.1, -0.05) is 42.5 Å². The molecule has 0 aliphatic heterocycles. The Bertz CT molecular complexity index is 786. The van der Waals surface area contributed by atoms with E-state index >= 15 is 0 Å². The highest BCUT2D eigenvalue weighted by Crippen LogP contribution is 2.15. The summed E-state index contributed by atoms with van der Waals surface area (Å²) >= 11 is 0. The van der Waals surface area contributed by atoms with E-state index in [1.54, 1.807) is 61.5 Å². The molecule has 0 fully saturated rings. The Kier molecular flexibility index (Phi) is 5.43. The first-order valence-corrected chi connectivity index (χ1v) is 7.14. The van der Waals surface area contributed by atoms with Crippen LogP contribution in [-0.4, -0.2) is 18.4 Å². The summed E-state index contributed by atoms with van der Waals surface area (Å²) in [5.41, 5.74) is 1.39. The van der Waals surface area contributed by atoms with Crippen molar-refractivity contribution in [2.45, 2.75) is 6.92 Å². The van der Waals surface area contributed by atoms with Gasteiger partial charge in [0.05, 0.1) is 18.2 Å². The third-order valence-electron chi connectivity index (χ3n) is 3.10. The van der Waals surface area contributed by atoms with Crippen LogP contribution in [0.3, 0.4) is 0 Å². The van der Waals surface area contributed by atoms with Gasteiger partial charge in [0.2, 0.25) is 0 Å². The van der Waals surface area contributed by atoms with Crippen LogP contribution < -0.4 is 0 Å². The molecule has 0 aliphatic rings. The number of carbonyl (C=O) groups excluding carboxylic acids is 2. The van der Waals surface area contributed by atoms with Gasteiger partial charge in [-0.2, -0.15) is 5.26 Å². The predicted octanol–water partition coefficient (Wildman–Crippen LogP) is 3.39. The van der Waals surface area contributed by atoms with Crippen molar-refractivity contribution >= 4 is 17.8 Å². The zero-order valence-corrected chi connectivity index (χ0v) is 12.7. The van der Waals surface area contributed by atoms with Gasteiger partial charge < -0.3 is 4.74 Å². The molecule has 0 spiro atoms. The molecular weight excluding hydrogens is 290 g/mol. The Hall–Kier alpha value is -3.19. The summed E-state index contributed by atoms with van der Waals surface area (Å²) in [4.78, 5) is 24.7. The molecule has 23 heavy (non-hydrogen) atoms. The second-order valence-electron chi connectivity index (χ2n) is 4.71. The van der Waals surface area contributed by atoms with Crippen molar-refractivity contribution in [2.24, 2.45) is 0 Å².